The summed E-state index contributed by atoms with van der Waals surface area (Å²) >= 11 is 0. The lowest BCUT2D eigenvalue weighted by atomic mass is 10.1. The normalized spacial score (nSPS) is 12.0. The number of hydrogen-bond donors (Lipinski definition) is 1. The second kappa shape index (κ2) is 7.69. The van der Waals surface area contributed by atoms with Gasteiger partial charge >= 0.3 is 0 Å². The summed E-state index contributed by atoms with van der Waals surface area (Å²) in [5, 5.41) is 28.3. The Balaban J connectivity index is 2.00. The highest BCUT2D eigenvalue weighted by Gasteiger charge is 2.21. The van der Waals surface area contributed by atoms with E-state index in [4.69, 9.17) is 5.26 Å². The van der Waals surface area contributed by atoms with E-state index in [9.17, 15) is 18.5 Å². The Kier molecular flexibility index (Phi) is 5.29. The molecule has 1 aromatic carbocycles. The van der Waals surface area contributed by atoms with Crippen molar-refractivity contribution in [1.29, 1.82) is 5.26 Å². The average molecular weight is 412 g/mol. The predicted molar refractivity (Wildman–Crippen MR) is 105 cm³/mol. The van der Waals surface area contributed by atoms with Crippen molar-refractivity contribution in [3.05, 3.63) is 69.5 Å². The number of nitrogens with zero attached hydrogens (tertiary/aromatic N) is 5. The van der Waals surface area contributed by atoms with Crippen molar-refractivity contribution in [2.24, 2.45) is 5.10 Å². The largest absolute Gasteiger partial charge is 0.277 e. The zero-order chi connectivity index (χ0) is 21.2. The second-order valence-electron chi connectivity index (χ2n) is 6.13. The standard InChI is InChI=1S/C18H16N6O4S/c1-3-16(15-11-20-23-7-6-13(10-19)8-17(15)23)21-22-29(27,28)18-9-14(24(25)26)5-4-12(18)2/h4-9,11,22H,3H2,1-2H3/b21-16+. The minimum atomic E-state index is -4.13. The number of nitro groups is 1. The molecule has 0 saturated heterocycles. The van der Waals surface area contributed by atoms with Crippen LogP contribution in [0.3, 0.4) is 0 Å². The number of nitriles is 1. The zero-order valence-electron chi connectivity index (χ0n) is 15.5. The van der Waals surface area contributed by atoms with Crippen LogP contribution >= 0.6 is 0 Å². The molecule has 2 heterocycles. The van der Waals surface area contributed by atoms with Gasteiger partial charge in [-0.05, 0) is 31.0 Å². The summed E-state index contributed by atoms with van der Waals surface area (Å²) < 4.78 is 26.9. The Morgan fingerprint density at radius 2 is 2.14 bits per heavy atom. The molecule has 0 atom stereocenters. The van der Waals surface area contributed by atoms with E-state index in [-0.39, 0.29) is 10.6 Å². The van der Waals surface area contributed by atoms with Crippen LogP contribution in [0.5, 0.6) is 0 Å². The van der Waals surface area contributed by atoms with Crippen molar-refractivity contribution in [3.8, 4) is 6.07 Å². The van der Waals surface area contributed by atoms with Crippen LogP contribution < -0.4 is 4.83 Å². The molecule has 3 rings (SSSR count). The molecule has 0 fully saturated rings. The average Bonchev–Trinajstić information content (AvgIpc) is 3.11. The number of nitrogens with one attached hydrogen (secondary N) is 1. The van der Waals surface area contributed by atoms with E-state index in [0.717, 1.165) is 6.07 Å². The van der Waals surface area contributed by atoms with E-state index >= 15 is 0 Å². The number of non-ortho nitro benzene ring substituents is 1. The number of sulfonamides is 1. The van der Waals surface area contributed by atoms with Gasteiger partial charge in [0.1, 0.15) is 0 Å². The summed E-state index contributed by atoms with van der Waals surface area (Å²) in [6.45, 7) is 3.33. The van der Waals surface area contributed by atoms with E-state index in [1.807, 2.05) is 6.07 Å². The minimum Gasteiger partial charge on any atom is -0.258 e. The van der Waals surface area contributed by atoms with Crippen LogP contribution in [0.2, 0.25) is 0 Å². The molecule has 0 aliphatic carbocycles. The summed E-state index contributed by atoms with van der Waals surface area (Å²) in [7, 11) is -4.13. The van der Waals surface area contributed by atoms with Crippen molar-refractivity contribution in [3.63, 3.8) is 0 Å². The van der Waals surface area contributed by atoms with Crippen molar-refractivity contribution in [2.75, 3.05) is 0 Å². The van der Waals surface area contributed by atoms with Crippen molar-refractivity contribution in [1.82, 2.24) is 14.4 Å². The summed E-state index contributed by atoms with van der Waals surface area (Å²) in [5.74, 6) is 0. The summed E-state index contributed by atoms with van der Waals surface area (Å²) in [6, 6.07) is 8.88. The molecule has 1 N–H and O–H groups in total. The summed E-state index contributed by atoms with van der Waals surface area (Å²) in [5.41, 5.74) is 2.04. The predicted octanol–water partition coefficient (Wildman–Crippen LogP) is 2.52. The van der Waals surface area contributed by atoms with Crippen LogP contribution in [-0.2, 0) is 10.0 Å². The van der Waals surface area contributed by atoms with Gasteiger partial charge in [-0.15, -0.1) is 0 Å². The minimum absolute atomic E-state index is 0.225. The Labute approximate surface area is 166 Å². The quantitative estimate of drug-likeness (QED) is 0.374. The van der Waals surface area contributed by atoms with E-state index < -0.39 is 14.9 Å². The molecule has 10 nitrogen and oxygen atoms in total. The van der Waals surface area contributed by atoms with Crippen molar-refractivity contribution < 1.29 is 13.3 Å². The van der Waals surface area contributed by atoms with E-state index in [1.54, 1.807) is 29.8 Å². The SMILES string of the molecule is CC/C(=N\NS(=O)(=O)c1cc([N+](=O)[O-])ccc1C)c1cnn2ccc(C#N)cc12. The fourth-order valence-electron chi connectivity index (χ4n) is 2.76. The van der Waals surface area contributed by atoms with E-state index in [0.29, 0.717) is 34.3 Å². The van der Waals surface area contributed by atoms with Crippen LogP contribution in [0.15, 0.2) is 52.7 Å². The topological polar surface area (TPSA) is 143 Å². The Bertz CT molecular complexity index is 1290. The first-order valence-electron chi connectivity index (χ1n) is 8.48. The number of aryl methyl sites for hydroxylation is 1. The van der Waals surface area contributed by atoms with Gasteiger partial charge in [-0.1, -0.05) is 13.0 Å². The molecule has 3 aromatic rings. The molecule has 11 heteroatoms. The lowest BCUT2D eigenvalue weighted by Crippen LogP contribution is -2.21. The van der Waals surface area contributed by atoms with E-state index in [2.05, 4.69) is 15.0 Å². The number of hydrazone groups is 1. The van der Waals surface area contributed by atoms with Gasteiger partial charge in [0.2, 0.25) is 0 Å². The maximum atomic E-state index is 12.7. The third-order valence-electron chi connectivity index (χ3n) is 4.27. The summed E-state index contributed by atoms with van der Waals surface area (Å²) in [4.78, 5) is 12.2. The molecule has 0 spiro atoms. The highest BCUT2D eigenvalue weighted by atomic mass is 32.2. The molecule has 0 amide bonds. The molecule has 29 heavy (non-hydrogen) atoms. The van der Waals surface area contributed by atoms with Gasteiger partial charge in [0, 0.05) is 23.9 Å². The Morgan fingerprint density at radius 3 is 2.79 bits per heavy atom. The second-order valence-corrected chi connectivity index (χ2v) is 7.76. The third kappa shape index (κ3) is 3.92. The number of rotatable bonds is 6. The number of aromatic nitrogens is 2. The number of pyridine rings is 1. The van der Waals surface area contributed by atoms with E-state index in [1.165, 1.54) is 25.3 Å². The molecule has 0 aliphatic rings. The first-order chi connectivity index (χ1) is 13.8. The maximum Gasteiger partial charge on any atom is 0.277 e. The highest BCUT2D eigenvalue weighted by molar-refractivity contribution is 7.89. The number of fused-ring (bicyclic) bond motifs is 1. The van der Waals surface area contributed by atoms with Crippen LogP contribution in [0, 0.1) is 28.4 Å². The lowest BCUT2D eigenvalue weighted by molar-refractivity contribution is -0.385. The molecule has 148 valence electrons. The van der Waals surface area contributed by atoms with Crippen LogP contribution in [0.4, 0.5) is 5.69 Å². The van der Waals surface area contributed by atoms with Crippen LogP contribution in [-0.4, -0.2) is 28.7 Å². The number of hydrogen-bond acceptors (Lipinski definition) is 7. The van der Waals surface area contributed by atoms with Gasteiger partial charge in [-0.3, -0.25) is 10.1 Å². The molecule has 0 radical (unpaired) electrons. The Hall–Kier alpha value is -3.78. The maximum absolute atomic E-state index is 12.7. The fraction of sp³-hybridized carbons (Fsp3) is 0.167. The molecular weight excluding hydrogens is 396 g/mol. The molecule has 0 aliphatic heterocycles. The summed E-state index contributed by atoms with van der Waals surface area (Å²) in [6.07, 6.45) is 3.54. The third-order valence-corrected chi connectivity index (χ3v) is 5.62. The van der Waals surface area contributed by atoms with Crippen LogP contribution in [0.1, 0.15) is 30.0 Å². The van der Waals surface area contributed by atoms with Gasteiger partial charge in [0.15, 0.2) is 0 Å². The number of nitro benzene ring substituents is 1. The molecule has 0 bridgehead atoms. The highest BCUT2D eigenvalue weighted by Crippen LogP contribution is 2.22. The van der Waals surface area contributed by atoms with Gasteiger partial charge in [-0.2, -0.15) is 28.7 Å². The van der Waals surface area contributed by atoms with Crippen molar-refractivity contribution >= 4 is 26.9 Å². The molecular formula is C18H16N6O4S. The van der Waals surface area contributed by atoms with Crippen LogP contribution in [0.25, 0.3) is 5.52 Å². The molecule has 0 unspecified atom stereocenters. The Morgan fingerprint density at radius 1 is 1.38 bits per heavy atom. The van der Waals surface area contributed by atoms with Gasteiger partial charge in [0.25, 0.3) is 15.7 Å². The monoisotopic (exact) mass is 412 g/mol. The van der Waals surface area contributed by atoms with Gasteiger partial charge in [0.05, 0.1) is 38.9 Å². The van der Waals surface area contributed by atoms with Gasteiger partial charge < -0.3 is 0 Å². The zero-order valence-corrected chi connectivity index (χ0v) is 16.3. The smallest absolute Gasteiger partial charge is 0.258 e. The lowest BCUT2D eigenvalue weighted by Gasteiger charge is -2.08. The number of benzene rings is 1. The first kappa shape index (κ1) is 20.0. The molecule has 0 saturated carbocycles. The van der Waals surface area contributed by atoms with Gasteiger partial charge in [-0.25, -0.2) is 4.52 Å². The fourth-order valence-corrected chi connectivity index (χ4v) is 3.86. The van der Waals surface area contributed by atoms with Crippen molar-refractivity contribution in [2.45, 2.75) is 25.2 Å². The molecule has 2 aromatic heterocycles. The first-order valence-corrected chi connectivity index (χ1v) is 9.96.